The number of unbranched alkanes of at least 4 members (excludes halogenated alkanes) is 1. The Morgan fingerprint density at radius 1 is 0.889 bits per heavy atom. The average molecular weight is 494 g/mol. The summed E-state index contributed by atoms with van der Waals surface area (Å²) in [4.78, 5) is 0. The van der Waals surface area contributed by atoms with Gasteiger partial charge in [0.25, 0.3) is 0 Å². The Labute approximate surface area is 221 Å². The largest absolute Gasteiger partial charge is 0.493 e. The summed E-state index contributed by atoms with van der Waals surface area (Å²) in [6, 6.07) is 9.33. The number of nitrogens with one attached hydrogen (secondary N) is 1. The van der Waals surface area contributed by atoms with E-state index in [4.69, 9.17) is 9.47 Å². The summed E-state index contributed by atoms with van der Waals surface area (Å²) in [5.74, 6) is 3.38. The zero-order valence-electron chi connectivity index (χ0n) is 24.4. The molecule has 0 saturated carbocycles. The van der Waals surface area contributed by atoms with E-state index in [0.29, 0.717) is 11.8 Å². The van der Waals surface area contributed by atoms with Crippen LogP contribution in [0.5, 0.6) is 11.5 Å². The molecule has 3 nitrogen and oxygen atoms in total. The molecule has 1 N–H and O–H groups in total. The summed E-state index contributed by atoms with van der Waals surface area (Å²) in [5.41, 5.74) is 7.49. The van der Waals surface area contributed by atoms with Gasteiger partial charge in [-0.1, -0.05) is 71.2 Å². The van der Waals surface area contributed by atoms with E-state index < -0.39 is 0 Å². The summed E-state index contributed by atoms with van der Waals surface area (Å²) in [6.07, 6.45) is 7.48. The van der Waals surface area contributed by atoms with E-state index >= 15 is 0 Å². The quantitative estimate of drug-likeness (QED) is 0.323. The lowest BCUT2D eigenvalue weighted by Gasteiger charge is -2.30. The van der Waals surface area contributed by atoms with Crippen LogP contribution < -0.4 is 14.8 Å². The van der Waals surface area contributed by atoms with E-state index in [2.05, 4.69) is 85.0 Å². The van der Waals surface area contributed by atoms with Gasteiger partial charge in [0.2, 0.25) is 0 Å². The maximum atomic E-state index is 6.40. The van der Waals surface area contributed by atoms with Gasteiger partial charge in [-0.2, -0.15) is 0 Å². The van der Waals surface area contributed by atoms with E-state index in [0.717, 1.165) is 37.8 Å². The van der Waals surface area contributed by atoms with Crippen molar-refractivity contribution in [1.29, 1.82) is 0 Å². The molecule has 0 bridgehead atoms. The fraction of sp³-hybridized carbons (Fsp3) is 0.636. The van der Waals surface area contributed by atoms with Gasteiger partial charge in [-0.05, 0) is 92.8 Å². The molecule has 1 fully saturated rings. The average Bonchev–Trinajstić information content (AvgIpc) is 2.85. The van der Waals surface area contributed by atoms with Gasteiger partial charge in [-0.25, -0.2) is 0 Å². The zero-order chi connectivity index (χ0) is 26.3. The minimum absolute atomic E-state index is 0.109. The van der Waals surface area contributed by atoms with Crippen LogP contribution >= 0.6 is 0 Å². The fourth-order valence-corrected chi connectivity index (χ4v) is 5.61. The van der Waals surface area contributed by atoms with Gasteiger partial charge in [0.15, 0.2) is 0 Å². The van der Waals surface area contributed by atoms with Crippen molar-refractivity contribution < 1.29 is 9.47 Å². The highest BCUT2D eigenvalue weighted by molar-refractivity contribution is 5.52. The molecule has 3 heteroatoms. The normalized spacial score (nSPS) is 17.2. The van der Waals surface area contributed by atoms with Crippen LogP contribution in [0.4, 0.5) is 0 Å². The van der Waals surface area contributed by atoms with Gasteiger partial charge in [-0.15, -0.1) is 0 Å². The van der Waals surface area contributed by atoms with Crippen molar-refractivity contribution >= 4 is 0 Å². The van der Waals surface area contributed by atoms with Crippen molar-refractivity contribution in [2.75, 3.05) is 26.3 Å². The molecule has 1 aliphatic rings. The predicted octanol–water partition coefficient (Wildman–Crippen LogP) is 8.22. The van der Waals surface area contributed by atoms with Crippen LogP contribution in [-0.4, -0.2) is 26.3 Å². The van der Waals surface area contributed by atoms with Gasteiger partial charge in [-0.3, -0.25) is 0 Å². The van der Waals surface area contributed by atoms with Crippen LogP contribution in [0.15, 0.2) is 24.3 Å². The third-order valence-corrected chi connectivity index (χ3v) is 8.23. The Morgan fingerprint density at radius 3 is 1.92 bits per heavy atom. The highest BCUT2D eigenvalue weighted by Gasteiger charge is 2.27. The molecule has 2 aromatic rings. The fourth-order valence-electron chi connectivity index (χ4n) is 5.61. The Kier molecular flexibility index (Phi) is 10.3. The van der Waals surface area contributed by atoms with Crippen LogP contribution in [-0.2, 0) is 5.41 Å². The topological polar surface area (TPSA) is 30.5 Å². The molecule has 1 heterocycles. The molecule has 1 saturated heterocycles. The van der Waals surface area contributed by atoms with Gasteiger partial charge < -0.3 is 14.8 Å². The Morgan fingerprint density at radius 2 is 1.44 bits per heavy atom. The molecule has 1 aliphatic heterocycles. The Bertz CT molecular complexity index is 941. The van der Waals surface area contributed by atoms with Crippen molar-refractivity contribution in [1.82, 2.24) is 5.32 Å². The van der Waals surface area contributed by atoms with Crippen molar-refractivity contribution in [2.24, 2.45) is 11.8 Å². The first-order valence-corrected chi connectivity index (χ1v) is 14.4. The van der Waals surface area contributed by atoms with Crippen LogP contribution in [0.2, 0.25) is 0 Å². The van der Waals surface area contributed by atoms with Crippen LogP contribution in [0.3, 0.4) is 0 Å². The van der Waals surface area contributed by atoms with Crippen molar-refractivity contribution in [3.63, 3.8) is 0 Å². The van der Waals surface area contributed by atoms with Crippen molar-refractivity contribution in [2.45, 2.75) is 99.3 Å². The van der Waals surface area contributed by atoms with Gasteiger partial charge in [0, 0.05) is 17.9 Å². The van der Waals surface area contributed by atoms with Gasteiger partial charge in [0.1, 0.15) is 11.5 Å². The molecule has 36 heavy (non-hydrogen) atoms. The lowest BCUT2D eigenvalue weighted by Crippen LogP contribution is -2.33. The number of hydrogen-bond acceptors (Lipinski definition) is 3. The maximum Gasteiger partial charge on any atom is 0.125 e. The molecule has 0 spiro atoms. The number of ether oxygens (including phenoxy) is 2. The smallest absolute Gasteiger partial charge is 0.125 e. The molecule has 2 aromatic carbocycles. The first-order valence-electron chi connectivity index (χ1n) is 14.4. The number of rotatable bonds is 12. The van der Waals surface area contributed by atoms with Gasteiger partial charge in [0.05, 0.1) is 13.2 Å². The highest BCUT2D eigenvalue weighted by atomic mass is 16.5. The molecule has 0 radical (unpaired) electrons. The third kappa shape index (κ3) is 7.06. The maximum absolute atomic E-state index is 6.40. The van der Waals surface area contributed by atoms with Gasteiger partial charge >= 0.3 is 0 Å². The second-order valence-electron chi connectivity index (χ2n) is 11.8. The highest BCUT2D eigenvalue weighted by Crippen LogP contribution is 2.39. The first-order chi connectivity index (χ1) is 17.2. The van der Waals surface area contributed by atoms with Crippen molar-refractivity contribution in [3.05, 3.63) is 57.6 Å². The van der Waals surface area contributed by atoms with Crippen LogP contribution in [0.25, 0.3) is 0 Å². The third-order valence-electron chi connectivity index (χ3n) is 8.23. The number of benzene rings is 2. The summed E-state index contributed by atoms with van der Waals surface area (Å²) >= 11 is 0. The molecule has 0 aromatic heterocycles. The standard InChI is InChI=1S/C33H51NO2/c1-9-11-13-27(10-2)21-35-31-23(3)16-29(17-24(31)4)33(7,8)30-18-25(5)32(26(6)19-30)36-22-28-14-12-15-34-20-28/h16-19,27-28,34H,9-15,20-22H2,1-8H3. The molecule has 200 valence electrons. The number of piperidine rings is 1. The lowest BCUT2D eigenvalue weighted by molar-refractivity contribution is 0.216. The molecule has 3 rings (SSSR count). The minimum Gasteiger partial charge on any atom is -0.493 e. The molecule has 2 atom stereocenters. The molecule has 0 aliphatic carbocycles. The molecule has 0 amide bonds. The van der Waals surface area contributed by atoms with Crippen LogP contribution in [0.1, 0.15) is 99.6 Å². The van der Waals surface area contributed by atoms with E-state index in [9.17, 15) is 0 Å². The lowest BCUT2D eigenvalue weighted by atomic mass is 9.76. The predicted molar refractivity (Wildman–Crippen MR) is 154 cm³/mol. The van der Waals surface area contributed by atoms with E-state index in [1.165, 1.54) is 71.9 Å². The first kappa shape index (κ1) is 28.6. The Hall–Kier alpha value is -2.00. The molecule has 2 unspecified atom stereocenters. The monoisotopic (exact) mass is 493 g/mol. The minimum atomic E-state index is -0.109. The second-order valence-corrected chi connectivity index (χ2v) is 11.8. The van der Waals surface area contributed by atoms with E-state index in [1.807, 2.05) is 0 Å². The Balaban J connectivity index is 1.77. The second kappa shape index (κ2) is 13.0. The molecular weight excluding hydrogens is 442 g/mol. The SMILES string of the molecule is CCCCC(CC)COc1c(C)cc(C(C)(C)c2cc(C)c(OCC3CCCNC3)c(C)c2)cc1C. The van der Waals surface area contributed by atoms with Crippen molar-refractivity contribution in [3.8, 4) is 11.5 Å². The number of hydrogen-bond donors (Lipinski definition) is 1. The summed E-state index contributed by atoms with van der Waals surface area (Å²) in [6.45, 7) is 21.8. The summed E-state index contributed by atoms with van der Waals surface area (Å²) in [7, 11) is 0. The molecular formula is C33H51NO2. The summed E-state index contributed by atoms with van der Waals surface area (Å²) in [5, 5.41) is 3.50. The van der Waals surface area contributed by atoms with E-state index in [1.54, 1.807) is 0 Å². The zero-order valence-corrected chi connectivity index (χ0v) is 24.4. The number of aryl methyl sites for hydroxylation is 4. The summed E-state index contributed by atoms with van der Waals surface area (Å²) < 4.78 is 12.8. The van der Waals surface area contributed by atoms with Crippen LogP contribution in [0, 0.1) is 39.5 Å². The van der Waals surface area contributed by atoms with E-state index in [-0.39, 0.29) is 5.41 Å².